The molecule has 0 bridgehead atoms. The van der Waals surface area contributed by atoms with E-state index in [1.807, 2.05) is 0 Å². The molecule has 58 valence electrons. The normalized spacial score (nSPS) is 15.8. The smallest absolute Gasteiger partial charge is 0.321 e. The van der Waals surface area contributed by atoms with Crippen LogP contribution in [0.2, 0.25) is 0 Å². The molecule has 10 heavy (non-hydrogen) atoms. The molecule has 0 aromatic heterocycles. The highest BCUT2D eigenvalue weighted by Crippen LogP contribution is 2.05. The van der Waals surface area contributed by atoms with E-state index in [4.69, 9.17) is 22.4 Å². The molecular formula is C6H10ClNO2. The number of carbonyl (C=O) groups is 1. The highest BCUT2D eigenvalue weighted by atomic mass is 35.5. The topological polar surface area (TPSA) is 63.3 Å². The summed E-state index contributed by atoms with van der Waals surface area (Å²) in [5.41, 5.74) is 5.23. The number of alkyl halides is 1. The van der Waals surface area contributed by atoms with Gasteiger partial charge < -0.3 is 10.8 Å². The van der Waals surface area contributed by atoms with Gasteiger partial charge in [-0.05, 0) is 0 Å². The zero-order chi connectivity index (χ0) is 8.15. The molecule has 0 amide bonds. The van der Waals surface area contributed by atoms with Crippen molar-refractivity contribution in [2.24, 2.45) is 11.7 Å². The maximum absolute atomic E-state index is 10.2. The molecule has 0 unspecified atom stereocenters. The van der Waals surface area contributed by atoms with Gasteiger partial charge in [0, 0.05) is 11.8 Å². The Morgan fingerprint density at radius 3 is 2.50 bits per heavy atom. The number of hydrogen-bond acceptors (Lipinski definition) is 2. The van der Waals surface area contributed by atoms with Crippen molar-refractivity contribution in [2.45, 2.75) is 6.04 Å². The van der Waals surface area contributed by atoms with Crippen LogP contribution in [0.15, 0.2) is 12.7 Å². The summed E-state index contributed by atoms with van der Waals surface area (Å²) in [5, 5.41) is 8.38. The number of rotatable bonds is 4. The fourth-order valence-corrected chi connectivity index (χ4v) is 0.807. The van der Waals surface area contributed by atoms with E-state index in [-0.39, 0.29) is 11.8 Å². The molecule has 0 saturated heterocycles. The van der Waals surface area contributed by atoms with Gasteiger partial charge in [0.05, 0.1) is 0 Å². The molecule has 2 atom stereocenters. The Hall–Kier alpha value is -0.540. The van der Waals surface area contributed by atoms with Gasteiger partial charge in [-0.2, -0.15) is 0 Å². The van der Waals surface area contributed by atoms with E-state index < -0.39 is 12.0 Å². The van der Waals surface area contributed by atoms with E-state index in [0.717, 1.165) is 0 Å². The summed E-state index contributed by atoms with van der Waals surface area (Å²) in [6.45, 7) is 3.41. The number of carboxylic acid groups (broad SMARTS) is 1. The highest BCUT2D eigenvalue weighted by Gasteiger charge is 2.19. The van der Waals surface area contributed by atoms with E-state index in [2.05, 4.69) is 6.58 Å². The second-order valence-corrected chi connectivity index (χ2v) is 2.23. The maximum atomic E-state index is 10.2. The molecule has 0 fully saturated rings. The Bertz CT molecular complexity index is 138. The minimum Gasteiger partial charge on any atom is -0.480 e. The number of carboxylic acids is 1. The van der Waals surface area contributed by atoms with Crippen LogP contribution in [0, 0.1) is 5.92 Å². The molecule has 0 heterocycles. The van der Waals surface area contributed by atoms with Gasteiger partial charge in [-0.15, -0.1) is 18.2 Å². The summed E-state index contributed by atoms with van der Waals surface area (Å²) >= 11 is 5.39. The summed E-state index contributed by atoms with van der Waals surface area (Å²) in [6.07, 6.45) is 1.45. The van der Waals surface area contributed by atoms with Crippen LogP contribution in [0.25, 0.3) is 0 Å². The summed E-state index contributed by atoms with van der Waals surface area (Å²) < 4.78 is 0. The lowest BCUT2D eigenvalue weighted by Gasteiger charge is -2.12. The van der Waals surface area contributed by atoms with E-state index in [1.54, 1.807) is 0 Å². The van der Waals surface area contributed by atoms with Gasteiger partial charge in [-0.3, -0.25) is 4.79 Å². The fraction of sp³-hybridized carbons (Fsp3) is 0.500. The SMILES string of the molecule is C=C[C@H](CCl)[C@H](N)C(=O)O. The number of nitrogens with two attached hydrogens (primary N) is 1. The monoisotopic (exact) mass is 163 g/mol. The summed E-state index contributed by atoms with van der Waals surface area (Å²) in [5.74, 6) is -1.21. The third kappa shape index (κ3) is 2.37. The number of hydrogen-bond donors (Lipinski definition) is 2. The Morgan fingerprint density at radius 2 is 2.40 bits per heavy atom. The Kier molecular flexibility index (Phi) is 4.07. The van der Waals surface area contributed by atoms with Crippen molar-refractivity contribution in [3.05, 3.63) is 12.7 Å². The van der Waals surface area contributed by atoms with E-state index in [0.29, 0.717) is 0 Å². The molecule has 0 radical (unpaired) electrons. The van der Waals surface area contributed by atoms with E-state index in [9.17, 15) is 4.79 Å². The first-order valence-corrected chi connectivity index (χ1v) is 3.33. The summed E-state index contributed by atoms with van der Waals surface area (Å²) in [6, 6.07) is -0.935. The molecule has 4 heteroatoms. The summed E-state index contributed by atoms with van der Waals surface area (Å²) in [4.78, 5) is 10.2. The minimum absolute atomic E-state index is 0.191. The average molecular weight is 164 g/mol. The van der Waals surface area contributed by atoms with Crippen molar-refractivity contribution < 1.29 is 9.90 Å². The van der Waals surface area contributed by atoms with Gasteiger partial charge >= 0.3 is 5.97 Å². The first kappa shape index (κ1) is 9.46. The van der Waals surface area contributed by atoms with E-state index in [1.165, 1.54) is 6.08 Å². The second-order valence-electron chi connectivity index (χ2n) is 1.92. The molecule has 0 aliphatic heterocycles. The molecule has 0 spiro atoms. The van der Waals surface area contributed by atoms with Crippen molar-refractivity contribution in [3.8, 4) is 0 Å². The molecule has 3 nitrogen and oxygen atoms in total. The van der Waals surface area contributed by atoms with Crippen LogP contribution in [-0.4, -0.2) is 23.0 Å². The number of aliphatic carboxylic acids is 1. The molecule has 0 aliphatic rings. The zero-order valence-electron chi connectivity index (χ0n) is 5.46. The van der Waals surface area contributed by atoms with Crippen LogP contribution in [-0.2, 0) is 4.79 Å². The predicted molar refractivity (Wildman–Crippen MR) is 40.0 cm³/mol. The van der Waals surface area contributed by atoms with Gasteiger partial charge in [-0.25, -0.2) is 0 Å². The third-order valence-corrected chi connectivity index (χ3v) is 1.58. The minimum atomic E-state index is -1.05. The highest BCUT2D eigenvalue weighted by molar-refractivity contribution is 6.18. The van der Waals surface area contributed by atoms with Crippen molar-refractivity contribution in [1.29, 1.82) is 0 Å². The van der Waals surface area contributed by atoms with Crippen LogP contribution in [0.5, 0.6) is 0 Å². The van der Waals surface area contributed by atoms with E-state index >= 15 is 0 Å². The molecule has 0 rings (SSSR count). The largest absolute Gasteiger partial charge is 0.480 e. The summed E-state index contributed by atoms with van der Waals surface area (Å²) in [7, 11) is 0. The van der Waals surface area contributed by atoms with Crippen LogP contribution >= 0.6 is 11.6 Å². The number of halogens is 1. The van der Waals surface area contributed by atoms with Gasteiger partial charge in [0.15, 0.2) is 0 Å². The van der Waals surface area contributed by atoms with Crippen LogP contribution in [0.3, 0.4) is 0 Å². The molecule has 0 saturated carbocycles. The molecule has 0 aliphatic carbocycles. The van der Waals surface area contributed by atoms with Gasteiger partial charge in [0.2, 0.25) is 0 Å². The van der Waals surface area contributed by atoms with Crippen molar-refractivity contribution in [2.75, 3.05) is 5.88 Å². The first-order chi connectivity index (χ1) is 4.63. The van der Waals surface area contributed by atoms with Crippen molar-refractivity contribution in [1.82, 2.24) is 0 Å². The first-order valence-electron chi connectivity index (χ1n) is 2.80. The quantitative estimate of drug-likeness (QED) is 0.467. The molecule has 0 aromatic carbocycles. The molecular weight excluding hydrogens is 154 g/mol. The fourth-order valence-electron chi connectivity index (χ4n) is 0.489. The predicted octanol–water partition coefficient (Wildman–Crippen LogP) is 0.439. The van der Waals surface area contributed by atoms with Gasteiger partial charge in [0.1, 0.15) is 6.04 Å². The standard InChI is InChI=1S/C6H10ClNO2/c1-2-4(3-7)5(8)6(9)10/h2,4-5H,1,3,8H2,(H,9,10)/t4-,5+/m1/s1. The molecule has 3 N–H and O–H groups in total. The third-order valence-electron chi connectivity index (χ3n) is 1.23. The lowest BCUT2D eigenvalue weighted by atomic mass is 10.0. The van der Waals surface area contributed by atoms with Crippen LogP contribution in [0.4, 0.5) is 0 Å². The van der Waals surface area contributed by atoms with Crippen molar-refractivity contribution >= 4 is 17.6 Å². The zero-order valence-corrected chi connectivity index (χ0v) is 6.21. The maximum Gasteiger partial charge on any atom is 0.321 e. The average Bonchev–Trinajstić information content (AvgIpc) is 1.90. The Balaban J connectivity index is 4.00. The lowest BCUT2D eigenvalue weighted by molar-refractivity contribution is -0.139. The Morgan fingerprint density at radius 1 is 1.90 bits per heavy atom. The second kappa shape index (κ2) is 4.30. The van der Waals surface area contributed by atoms with Crippen LogP contribution < -0.4 is 5.73 Å². The molecule has 0 aromatic rings. The lowest BCUT2D eigenvalue weighted by Crippen LogP contribution is -2.37. The van der Waals surface area contributed by atoms with Crippen LogP contribution in [0.1, 0.15) is 0 Å². The van der Waals surface area contributed by atoms with Crippen molar-refractivity contribution in [3.63, 3.8) is 0 Å². The Labute approximate surface area is 64.5 Å². The van der Waals surface area contributed by atoms with Gasteiger partial charge in [-0.1, -0.05) is 6.08 Å². The van der Waals surface area contributed by atoms with Gasteiger partial charge in [0.25, 0.3) is 0 Å².